The number of rotatable bonds is 2. The van der Waals surface area contributed by atoms with Crippen molar-refractivity contribution < 1.29 is 13.2 Å². The van der Waals surface area contributed by atoms with Crippen molar-refractivity contribution in [1.29, 1.82) is 0 Å². The molecule has 6 heteroatoms. The first-order valence-electron chi connectivity index (χ1n) is 7.39. The van der Waals surface area contributed by atoms with Gasteiger partial charge in [0.05, 0.1) is 17.4 Å². The molecule has 3 rings (SSSR count). The minimum atomic E-state index is -4.34. The van der Waals surface area contributed by atoms with Crippen LogP contribution in [0.2, 0.25) is 0 Å². The van der Waals surface area contributed by atoms with E-state index >= 15 is 0 Å². The molecule has 0 saturated carbocycles. The van der Waals surface area contributed by atoms with E-state index in [1.54, 1.807) is 16.9 Å². The van der Waals surface area contributed by atoms with E-state index in [1.165, 1.54) is 6.07 Å². The number of benzene rings is 1. The van der Waals surface area contributed by atoms with Gasteiger partial charge in [-0.05, 0) is 56.0 Å². The predicted molar refractivity (Wildman–Crippen MR) is 78.1 cm³/mol. The smallest absolute Gasteiger partial charge is 0.316 e. The Labute approximate surface area is 127 Å². The van der Waals surface area contributed by atoms with Crippen molar-refractivity contribution in [2.45, 2.75) is 31.9 Å². The van der Waals surface area contributed by atoms with Gasteiger partial charge in [0.15, 0.2) is 0 Å². The zero-order valence-corrected chi connectivity index (χ0v) is 12.3. The number of aromatic nitrogens is 2. The van der Waals surface area contributed by atoms with Crippen molar-refractivity contribution in [3.63, 3.8) is 0 Å². The first-order chi connectivity index (χ1) is 10.5. The minimum absolute atomic E-state index is 0.383. The summed E-state index contributed by atoms with van der Waals surface area (Å²) in [5.74, 6) is 0.383. The third-order valence-electron chi connectivity index (χ3n) is 4.20. The molecule has 1 aliphatic rings. The fourth-order valence-electron chi connectivity index (χ4n) is 3.01. The third kappa shape index (κ3) is 2.88. The Balaban J connectivity index is 1.94. The highest BCUT2D eigenvalue weighted by atomic mass is 19.4. The second kappa shape index (κ2) is 5.76. The second-order valence-electron chi connectivity index (χ2n) is 5.69. The van der Waals surface area contributed by atoms with Gasteiger partial charge < -0.3 is 5.32 Å². The van der Waals surface area contributed by atoms with Crippen LogP contribution < -0.4 is 5.32 Å². The Morgan fingerprint density at radius 2 is 2.14 bits per heavy atom. The first kappa shape index (κ1) is 15.1. The molecule has 0 bridgehead atoms. The molecule has 0 aliphatic carbocycles. The number of nitrogens with one attached hydrogen (secondary N) is 1. The average Bonchev–Trinajstić information content (AvgIpc) is 2.89. The van der Waals surface area contributed by atoms with Gasteiger partial charge in [0, 0.05) is 12.2 Å². The van der Waals surface area contributed by atoms with Crippen LogP contribution in [0.1, 0.15) is 35.6 Å². The van der Waals surface area contributed by atoms with Crippen molar-refractivity contribution >= 4 is 0 Å². The molecule has 2 aromatic rings. The highest BCUT2D eigenvalue weighted by molar-refractivity contribution is 5.39. The summed E-state index contributed by atoms with van der Waals surface area (Å²) in [6.07, 6.45) is -0.360. The van der Waals surface area contributed by atoms with Gasteiger partial charge in [-0.15, -0.1) is 0 Å². The molecular formula is C16H18F3N3. The van der Waals surface area contributed by atoms with Crippen molar-refractivity contribution in [2.24, 2.45) is 0 Å². The zero-order chi connectivity index (χ0) is 15.7. The SMILES string of the molecule is Cc1c(C2CCCNC2)cnn1-c1cccc(C(F)(F)F)c1. The van der Waals surface area contributed by atoms with Crippen LogP contribution in [-0.4, -0.2) is 22.9 Å². The maximum Gasteiger partial charge on any atom is 0.416 e. The van der Waals surface area contributed by atoms with Crippen LogP contribution >= 0.6 is 0 Å². The number of hydrogen-bond donors (Lipinski definition) is 1. The van der Waals surface area contributed by atoms with E-state index in [0.29, 0.717) is 11.6 Å². The second-order valence-corrected chi connectivity index (χ2v) is 5.69. The topological polar surface area (TPSA) is 29.9 Å². The van der Waals surface area contributed by atoms with E-state index in [1.807, 2.05) is 6.92 Å². The summed E-state index contributed by atoms with van der Waals surface area (Å²) in [4.78, 5) is 0. The maximum atomic E-state index is 12.8. The van der Waals surface area contributed by atoms with E-state index in [0.717, 1.165) is 49.3 Å². The number of piperidine rings is 1. The Hall–Kier alpha value is -1.82. The van der Waals surface area contributed by atoms with E-state index in [9.17, 15) is 13.2 Å². The van der Waals surface area contributed by atoms with Crippen molar-refractivity contribution in [3.05, 3.63) is 47.3 Å². The molecule has 1 atom stereocenters. The standard InChI is InChI=1S/C16H18F3N3/c1-11-15(12-4-3-7-20-9-12)10-21-22(11)14-6-2-5-13(8-14)16(17,18)19/h2,5-6,8,10,12,20H,3-4,7,9H2,1H3. The van der Waals surface area contributed by atoms with Crippen LogP contribution in [0.25, 0.3) is 5.69 Å². The minimum Gasteiger partial charge on any atom is -0.316 e. The van der Waals surface area contributed by atoms with Gasteiger partial charge in [0.1, 0.15) is 0 Å². The van der Waals surface area contributed by atoms with E-state index in [4.69, 9.17) is 0 Å². The third-order valence-corrected chi connectivity index (χ3v) is 4.20. The summed E-state index contributed by atoms with van der Waals surface area (Å²) in [7, 11) is 0. The monoisotopic (exact) mass is 309 g/mol. The molecule has 1 aromatic heterocycles. The molecule has 0 spiro atoms. The number of alkyl halides is 3. The molecule has 22 heavy (non-hydrogen) atoms. The van der Waals surface area contributed by atoms with Gasteiger partial charge in [-0.1, -0.05) is 6.07 Å². The van der Waals surface area contributed by atoms with Crippen molar-refractivity contribution in [2.75, 3.05) is 13.1 Å². The molecule has 3 nitrogen and oxygen atoms in total. The Morgan fingerprint density at radius 1 is 1.32 bits per heavy atom. The Morgan fingerprint density at radius 3 is 2.82 bits per heavy atom. The van der Waals surface area contributed by atoms with Gasteiger partial charge in [0.25, 0.3) is 0 Å². The molecular weight excluding hydrogens is 291 g/mol. The number of halogens is 3. The highest BCUT2D eigenvalue weighted by Crippen LogP contribution is 2.31. The van der Waals surface area contributed by atoms with E-state index in [2.05, 4.69) is 10.4 Å². The lowest BCUT2D eigenvalue weighted by Gasteiger charge is -2.22. The van der Waals surface area contributed by atoms with Crippen LogP contribution in [-0.2, 0) is 6.18 Å². The molecule has 2 heterocycles. The summed E-state index contributed by atoms with van der Waals surface area (Å²) in [6, 6.07) is 5.29. The van der Waals surface area contributed by atoms with E-state index < -0.39 is 11.7 Å². The summed E-state index contributed by atoms with van der Waals surface area (Å²) in [6.45, 7) is 3.84. The normalized spacial score (nSPS) is 19.4. The highest BCUT2D eigenvalue weighted by Gasteiger charge is 2.30. The fraction of sp³-hybridized carbons (Fsp3) is 0.438. The predicted octanol–water partition coefficient (Wildman–Crippen LogP) is 3.67. The molecule has 118 valence electrons. The van der Waals surface area contributed by atoms with Crippen molar-refractivity contribution in [3.8, 4) is 5.69 Å². The molecule has 0 radical (unpaired) electrons. The van der Waals surface area contributed by atoms with Gasteiger partial charge in [0.2, 0.25) is 0 Å². The Bertz CT molecular complexity index is 655. The summed E-state index contributed by atoms with van der Waals surface area (Å²) in [5, 5.41) is 7.66. The van der Waals surface area contributed by atoms with Gasteiger partial charge in [-0.2, -0.15) is 18.3 Å². The Kier molecular flexibility index (Phi) is 3.95. The quantitative estimate of drug-likeness (QED) is 0.917. The van der Waals surface area contributed by atoms with Gasteiger partial charge in [-0.25, -0.2) is 4.68 Å². The largest absolute Gasteiger partial charge is 0.416 e. The molecule has 1 saturated heterocycles. The number of hydrogen-bond acceptors (Lipinski definition) is 2. The average molecular weight is 309 g/mol. The lowest BCUT2D eigenvalue weighted by molar-refractivity contribution is -0.137. The zero-order valence-electron chi connectivity index (χ0n) is 12.3. The van der Waals surface area contributed by atoms with Gasteiger partial charge >= 0.3 is 6.18 Å². The van der Waals surface area contributed by atoms with Crippen LogP contribution in [0.4, 0.5) is 13.2 Å². The summed E-state index contributed by atoms with van der Waals surface area (Å²) < 4.78 is 40.1. The molecule has 1 fully saturated rings. The van der Waals surface area contributed by atoms with Crippen LogP contribution in [0.3, 0.4) is 0 Å². The van der Waals surface area contributed by atoms with Crippen molar-refractivity contribution in [1.82, 2.24) is 15.1 Å². The molecule has 1 unspecified atom stereocenters. The van der Waals surface area contributed by atoms with Crippen LogP contribution in [0, 0.1) is 6.92 Å². The lowest BCUT2D eigenvalue weighted by atomic mass is 9.92. The fourth-order valence-corrected chi connectivity index (χ4v) is 3.01. The molecule has 1 aliphatic heterocycles. The molecule has 0 amide bonds. The van der Waals surface area contributed by atoms with Crippen LogP contribution in [0.15, 0.2) is 30.5 Å². The molecule has 1 N–H and O–H groups in total. The first-order valence-corrected chi connectivity index (χ1v) is 7.39. The maximum absolute atomic E-state index is 12.8. The van der Waals surface area contributed by atoms with Gasteiger partial charge in [-0.3, -0.25) is 0 Å². The summed E-state index contributed by atoms with van der Waals surface area (Å²) in [5.41, 5.74) is 1.82. The van der Waals surface area contributed by atoms with Crippen LogP contribution in [0.5, 0.6) is 0 Å². The van der Waals surface area contributed by atoms with E-state index in [-0.39, 0.29) is 0 Å². The lowest BCUT2D eigenvalue weighted by Crippen LogP contribution is -2.28. The number of nitrogens with zero attached hydrogens (tertiary/aromatic N) is 2. The summed E-state index contributed by atoms with van der Waals surface area (Å²) >= 11 is 0. The molecule has 1 aromatic carbocycles.